The van der Waals surface area contributed by atoms with E-state index in [1.807, 2.05) is 0 Å². The molecule has 0 aliphatic heterocycles. The SMILES string of the molecule is O=c1c(-c2ccccc2[N+](=O)[O-])coc2cc(Cl)ccc12. The second kappa shape index (κ2) is 5.03. The first-order valence-electron chi connectivity index (χ1n) is 6.03. The van der Waals surface area contributed by atoms with Gasteiger partial charge in [0.2, 0.25) is 5.43 Å². The number of hydrogen-bond donors (Lipinski definition) is 0. The minimum absolute atomic E-state index is 0.141. The van der Waals surface area contributed by atoms with Crippen LogP contribution in [-0.4, -0.2) is 4.92 Å². The van der Waals surface area contributed by atoms with E-state index in [4.69, 9.17) is 16.0 Å². The summed E-state index contributed by atoms with van der Waals surface area (Å²) < 4.78 is 5.39. The van der Waals surface area contributed by atoms with Crippen molar-refractivity contribution < 1.29 is 9.34 Å². The highest BCUT2D eigenvalue weighted by molar-refractivity contribution is 6.31. The van der Waals surface area contributed by atoms with E-state index in [1.165, 1.54) is 24.5 Å². The molecule has 6 heteroatoms. The molecule has 1 heterocycles. The highest BCUT2D eigenvalue weighted by Crippen LogP contribution is 2.29. The fraction of sp³-hybridized carbons (Fsp3) is 0. The van der Waals surface area contributed by atoms with Crippen molar-refractivity contribution in [2.24, 2.45) is 0 Å². The van der Waals surface area contributed by atoms with Crippen LogP contribution >= 0.6 is 11.6 Å². The first-order chi connectivity index (χ1) is 10.1. The summed E-state index contributed by atoms with van der Waals surface area (Å²) in [6, 6.07) is 10.7. The maximum absolute atomic E-state index is 12.5. The van der Waals surface area contributed by atoms with E-state index in [-0.39, 0.29) is 22.2 Å². The van der Waals surface area contributed by atoms with Crippen molar-refractivity contribution in [1.82, 2.24) is 0 Å². The Morgan fingerprint density at radius 3 is 2.62 bits per heavy atom. The molecule has 0 unspecified atom stereocenters. The second-order valence-corrected chi connectivity index (χ2v) is 4.83. The summed E-state index contributed by atoms with van der Waals surface area (Å²) in [5, 5.41) is 11.8. The molecule has 3 aromatic rings. The van der Waals surface area contributed by atoms with Gasteiger partial charge in [-0.1, -0.05) is 23.7 Å². The normalized spacial score (nSPS) is 10.7. The highest BCUT2D eigenvalue weighted by Gasteiger charge is 2.18. The van der Waals surface area contributed by atoms with E-state index in [9.17, 15) is 14.9 Å². The summed E-state index contributed by atoms with van der Waals surface area (Å²) in [7, 11) is 0. The maximum Gasteiger partial charge on any atom is 0.277 e. The molecule has 0 saturated carbocycles. The van der Waals surface area contributed by atoms with Crippen molar-refractivity contribution in [1.29, 1.82) is 0 Å². The van der Waals surface area contributed by atoms with Gasteiger partial charge in [-0.15, -0.1) is 0 Å². The average molecular weight is 302 g/mol. The number of nitro benzene ring substituents is 1. The van der Waals surface area contributed by atoms with Crippen molar-refractivity contribution in [2.45, 2.75) is 0 Å². The van der Waals surface area contributed by atoms with Crippen LogP contribution in [0.1, 0.15) is 0 Å². The summed E-state index contributed by atoms with van der Waals surface area (Å²) in [6.07, 6.45) is 1.23. The van der Waals surface area contributed by atoms with E-state index in [0.29, 0.717) is 16.0 Å². The molecule has 0 bridgehead atoms. The minimum Gasteiger partial charge on any atom is -0.463 e. The van der Waals surface area contributed by atoms with E-state index in [1.54, 1.807) is 24.3 Å². The maximum atomic E-state index is 12.5. The molecule has 0 saturated heterocycles. The Labute approximate surface area is 123 Å². The monoisotopic (exact) mass is 301 g/mol. The molecule has 104 valence electrons. The number of nitrogens with zero attached hydrogens (tertiary/aromatic N) is 1. The predicted octanol–water partition coefficient (Wildman–Crippen LogP) is 4.02. The van der Waals surface area contributed by atoms with Gasteiger partial charge < -0.3 is 4.42 Å². The topological polar surface area (TPSA) is 73.3 Å². The molecule has 5 nitrogen and oxygen atoms in total. The van der Waals surface area contributed by atoms with Gasteiger partial charge in [0.15, 0.2) is 0 Å². The number of halogens is 1. The number of hydrogen-bond acceptors (Lipinski definition) is 4. The molecule has 0 aliphatic carbocycles. The molecule has 3 rings (SSSR count). The molecule has 0 radical (unpaired) electrons. The quantitative estimate of drug-likeness (QED) is 0.529. The number of benzene rings is 2. The third-order valence-corrected chi connectivity index (χ3v) is 3.36. The largest absolute Gasteiger partial charge is 0.463 e. The average Bonchev–Trinajstić information content (AvgIpc) is 2.47. The van der Waals surface area contributed by atoms with Gasteiger partial charge in [0, 0.05) is 17.2 Å². The van der Waals surface area contributed by atoms with Crippen LogP contribution in [0.2, 0.25) is 5.02 Å². The van der Waals surface area contributed by atoms with Crippen molar-refractivity contribution >= 4 is 28.3 Å². The Morgan fingerprint density at radius 2 is 1.86 bits per heavy atom. The van der Waals surface area contributed by atoms with E-state index >= 15 is 0 Å². The molecule has 0 amide bonds. The van der Waals surface area contributed by atoms with Crippen LogP contribution in [0.4, 0.5) is 5.69 Å². The van der Waals surface area contributed by atoms with E-state index < -0.39 is 4.92 Å². The molecule has 0 N–H and O–H groups in total. The van der Waals surface area contributed by atoms with Crippen LogP contribution in [0.5, 0.6) is 0 Å². The van der Waals surface area contributed by atoms with Crippen LogP contribution in [-0.2, 0) is 0 Å². The lowest BCUT2D eigenvalue weighted by Gasteiger charge is -2.04. The Bertz CT molecular complexity index is 917. The molecular weight excluding hydrogens is 294 g/mol. The smallest absolute Gasteiger partial charge is 0.277 e. The van der Waals surface area contributed by atoms with Gasteiger partial charge in [-0.05, 0) is 18.2 Å². The van der Waals surface area contributed by atoms with Gasteiger partial charge >= 0.3 is 0 Å². The lowest BCUT2D eigenvalue weighted by Crippen LogP contribution is -2.06. The Hall–Kier alpha value is -2.66. The van der Waals surface area contributed by atoms with Gasteiger partial charge in [-0.25, -0.2) is 0 Å². The summed E-state index contributed by atoms with van der Waals surface area (Å²) in [6.45, 7) is 0. The van der Waals surface area contributed by atoms with E-state index in [0.717, 1.165) is 0 Å². The number of rotatable bonds is 2. The van der Waals surface area contributed by atoms with Crippen molar-refractivity contribution in [3.63, 3.8) is 0 Å². The first-order valence-corrected chi connectivity index (χ1v) is 6.40. The minimum atomic E-state index is -0.527. The van der Waals surface area contributed by atoms with Gasteiger partial charge in [0.05, 0.1) is 21.4 Å². The number of para-hydroxylation sites is 1. The molecule has 0 fully saturated rings. The number of fused-ring (bicyclic) bond motifs is 1. The van der Waals surface area contributed by atoms with Crippen molar-refractivity contribution in [3.05, 3.63) is 74.1 Å². The zero-order valence-corrected chi connectivity index (χ0v) is 11.3. The molecule has 0 atom stereocenters. The van der Waals surface area contributed by atoms with Crippen LogP contribution in [0.15, 0.2) is 57.9 Å². The molecule has 0 aliphatic rings. The zero-order valence-electron chi connectivity index (χ0n) is 10.6. The molecular formula is C15H8ClNO4. The lowest BCUT2D eigenvalue weighted by molar-refractivity contribution is -0.384. The molecule has 1 aromatic heterocycles. The summed E-state index contributed by atoms with van der Waals surface area (Å²) in [5.41, 5.74) is 0.250. The summed E-state index contributed by atoms with van der Waals surface area (Å²) >= 11 is 5.84. The van der Waals surface area contributed by atoms with Gasteiger partial charge in [-0.2, -0.15) is 0 Å². The molecule has 0 spiro atoms. The summed E-state index contributed by atoms with van der Waals surface area (Å²) in [5.74, 6) is 0. The van der Waals surface area contributed by atoms with Gasteiger partial charge in [0.25, 0.3) is 5.69 Å². The lowest BCUT2D eigenvalue weighted by atomic mass is 10.0. The van der Waals surface area contributed by atoms with Crippen molar-refractivity contribution in [2.75, 3.05) is 0 Å². The van der Waals surface area contributed by atoms with Crippen LogP contribution in [0.25, 0.3) is 22.1 Å². The summed E-state index contributed by atoms with van der Waals surface area (Å²) in [4.78, 5) is 23.0. The van der Waals surface area contributed by atoms with Crippen molar-refractivity contribution in [3.8, 4) is 11.1 Å². The van der Waals surface area contributed by atoms with E-state index in [2.05, 4.69) is 0 Å². The third-order valence-electron chi connectivity index (χ3n) is 3.13. The second-order valence-electron chi connectivity index (χ2n) is 4.39. The highest BCUT2D eigenvalue weighted by atomic mass is 35.5. The molecule has 21 heavy (non-hydrogen) atoms. The van der Waals surface area contributed by atoms with Crippen LogP contribution in [0, 0.1) is 10.1 Å². The fourth-order valence-electron chi connectivity index (χ4n) is 2.15. The fourth-order valence-corrected chi connectivity index (χ4v) is 2.31. The van der Waals surface area contributed by atoms with Crippen LogP contribution in [0.3, 0.4) is 0 Å². The third kappa shape index (κ3) is 2.28. The van der Waals surface area contributed by atoms with Crippen LogP contribution < -0.4 is 5.43 Å². The number of nitro groups is 1. The van der Waals surface area contributed by atoms with Gasteiger partial charge in [-0.3, -0.25) is 14.9 Å². The zero-order chi connectivity index (χ0) is 15.0. The Balaban J connectivity index is 2.32. The Kier molecular flexibility index (Phi) is 3.19. The Morgan fingerprint density at radius 1 is 1.10 bits per heavy atom. The standard InChI is InChI=1S/C15H8ClNO4/c16-9-5-6-11-14(7-9)21-8-12(15(11)18)10-3-1-2-4-13(10)17(19)20/h1-8H. The molecule has 2 aromatic carbocycles. The predicted molar refractivity (Wildman–Crippen MR) is 79.6 cm³/mol. The van der Waals surface area contributed by atoms with Gasteiger partial charge in [0.1, 0.15) is 11.8 Å². The first kappa shape index (κ1) is 13.3.